The summed E-state index contributed by atoms with van der Waals surface area (Å²) in [4.78, 5) is 35.0. The van der Waals surface area contributed by atoms with Crippen LogP contribution in [0.25, 0.3) is 11.2 Å². The third kappa shape index (κ3) is 3.59. The zero-order valence-electron chi connectivity index (χ0n) is 13.7. The normalized spacial score (nSPS) is 23.0. The number of ether oxygens (including phenoxy) is 2. The maximum absolute atomic E-state index is 11.8. The zero-order chi connectivity index (χ0) is 18.0. The highest BCUT2D eigenvalue weighted by Gasteiger charge is 2.39. The van der Waals surface area contributed by atoms with E-state index in [1.165, 1.54) is 19.6 Å². The number of fused-ring (bicyclic) bond motifs is 1. The minimum atomic E-state index is -0.664. The molecule has 0 bridgehead atoms. The minimum absolute atomic E-state index is 0.00636. The summed E-state index contributed by atoms with van der Waals surface area (Å²) in [7, 11) is 0. The Hall–Kier alpha value is -2.59. The fourth-order valence-corrected chi connectivity index (χ4v) is 2.75. The summed E-state index contributed by atoms with van der Waals surface area (Å²) in [6.45, 7) is 1.11. The number of nitrogens with zero attached hydrogens (tertiary/aromatic N) is 4. The smallest absolute Gasteiger partial charge is 0.306 e. The second kappa shape index (κ2) is 7.11. The molecule has 1 aliphatic rings. The summed E-state index contributed by atoms with van der Waals surface area (Å²) >= 11 is 0. The highest BCUT2D eigenvalue weighted by Crippen LogP contribution is 2.33. The van der Waals surface area contributed by atoms with Crippen LogP contribution in [0.4, 0.5) is 5.82 Å². The Labute approximate surface area is 143 Å². The van der Waals surface area contributed by atoms with E-state index in [-0.39, 0.29) is 31.0 Å². The van der Waals surface area contributed by atoms with Gasteiger partial charge in [-0.2, -0.15) is 0 Å². The van der Waals surface area contributed by atoms with E-state index < -0.39 is 24.4 Å². The first-order chi connectivity index (χ1) is 12.0. The number of nitrogen functional groups attached to an aromatic ring is 1. The third-order valence-corrected chi connectivity index (χ3v) is 4.02. The Balaban J connectivity index is 1.73. The molecule has 0 aliphatic carbocycles. The molecule has 1 aliphatic heterocycles. The number of carbonyl (C=O) groups excluding carboxylic acids is 2. The maximum Gasteiger partial charge on any atom is 0.306 e. The fourth-order valence-electron chi connectivity index (χ4n) is 2.75. The number of hydrogen-bond acceptors (Lipinski definition) is 9. The quantitative estimate of drug-likeness (QED) is 0.687. The Bertz CT molecular complexity index is 792. The van der Waals surface area contributed by atoms with Gasteiger partial charge in [0.05, 0.1) is 19.4 Å². The molecule has 0 spiro atoms. The Morgan fingerprint density at radius 3 is 2.92 bits per heavy atom. The van der Waals surface area contributed by atoms with Gasteiger partial charge in [-0.3, -0.25) is 9.36 Å². The van der Waals surface area contributed by atoms with Gasteiger partial charge in [-0.05, 0) is 6.92 Å². The van der Waals surface area contributed by atoms with Gasteiger partial charge in [0.2, 0.25) is 0 Å². The van der Waals surface area contributed by atoms with Crippen LogP contribution in [-0.2, 0) is 19.1 Å². The highest BCUT2D eigenvalue weighted by atomic mass is 16.6. The first kappa shape index (κ1) is 17.2. The van der Waals surface area contributed by atoms with Crippen molar-refractivity contribution >= 4 is 28.7 Å². The first-order valence-corrected chi connectivity index (χ1v) is 7.87. The highest BCUT2D eigenvalue weighted by molar-refractivity contribution is 5.81. The van der Waals surface area contributed by atoms with Gasteiger partial charge in [-0.1, -0.05) is 0 Å². The fraction of sp³-hybridized carbons (Fsp3) is 0.533. The summed E-state index contributed by atoms with van der Waals surface area (Å²) in [5.74, 6) is -0.323. The Kier molecular flexibility index (Phi) is 4.91. The molecular formula is C15H19N5O5. The molecule has 0 saturated carbocycles. The average Bonchev–Trinajstić information content (AvgIpc) is 3.17. The lowest BCUT2D eigenvalue weighted by Gasteiger charge is -2.16. The van der Waals surface area contributed by atoms with Crippen LogP contribution in [0.2, 0.25) is 0 Å². The van der Waals surface area contributed by atoms with Crippen molar-refractivity contribution in [2.75, 3.05) is 12.3 Å². The average molecular weight is 349 g/mol. The molecular weight excluding hydrogens is 330 g/mol. The number of imidazole rings is 1. The number of esters is 1. The van der Waals surface area contributed by atoms with Crippen LogP contribution < -0.4 is 5.73 Å². The number of hydrogen-bond donors (Lipinski definition) is 2. The molecule has 0 radical (unpaired) electrons. The van der Waals surface area contributed by atoms with Gasteiger partial charge in [-0.25, -0.2) is 15.0 Å². The molecule has 2 aromatic heterocycles. The van der Waals surface area contributed by atoms with E-state index >= 15 is 0 Å². The lowest BCUT2D eigenvalue weighted by Crippen LogP contribution is -2.30. The van der Waals surface area contributed by atoms with Gasteiger partial charge < -0.3 is 25.1 Å². The number of Topliss-reactive ketones (excluding diaryl/α,β-unsaturated/α-hetero) is 1. The van der Waals surface area contributed by atoms with Crippen LogP contribution in [0, 0.1) is 0 Å². The molecule has 1 saturated heterocycles. The molecule has 10 nitrogen and oxygen atoms in total. The van der Waals surface area contributed by atoms with Crippen LogP contribution in [0.5, 0.6) is 0 Å². The molecule has 3 heterocycles. The number of ketones is 1. The third-order valence-electron chi connectivity index (χ3n) is 4.02. The maximum atomic E-state index is 11.8. The van der Waals surface area contributed by atoms with Crippen molar-refractivity contribution in [1.82, 2.24) is 19.5 Å². The van der Waals surface area contributed by atoms with Crippen molar-refractivity contribution in [2.45, 2.75) is 44.6 Å². The Morgan fingerprint density at radius 1 is 1.40 bits per heavy atom. The van der Waals surface area contributed by atoms with Gasteiger partial charge in [-0.15, -0.1) is 0 Å². The van der Waals surface area contributed by atoms with Crippen molar-refractivity contribution < 1.29 is 24.2 Å². The topological polar surface area (TPSA) is 142 Å². The molecule has 0 aromatic carbocycles. The van der Waals surface area contributed by atoms with E-state index in [4.69, 9.17) is 15.2 Å². The van der Waals surface area contributed by atoms with E-state index in [0.717, 1.165) is 0 Å². The molecule has 3 N–H and O–H groups in total. The second-order valence-corrected chi connectivity index (χ2v) is 5.86. The standard InChI is InChI=1S/C15H19N5O5/c1-8(22)2-3-12(23)25-9-4-11(24-10(9)5-21)20-7-19-13-14(16)17-6-18-15(13)20/h6-7,9-11,21H,2-5H2,1H3,(H2,16,17,18)/t9?,10-,11-/m1/s1. The lowest BCUT2D eigenvalue weighted by molar-refractivity contribution is -0.153. The second-order valence-electron chi connectivity index (χ2n) is 5.86. The van der Waals surface area contributed by atoms with Crippen molar-refractivity contribution in [1.29, 1.82) is 0 Å². The molecule has 10 heteroatoms. The predicted octanol–water partition coefficient (Wildman–Crippen LogP) is -0.0307. The summed E-state index contributed by atoms with van der Waals surface area (Å²) in [5.41, 5.74) is 6.72. The monoisotopic (exact) mass is 349 g/mol. The van der Waals surface area contributed by atoms with Gasteiger partial charge in [0.25, 0.3) is 0 Å². The number of aromatic nitrogens is 4. The number of anilines is 1. The van der Waals surface area contributed by atoms with Gasteiger partial charge in [0.1, 0.15) is 36.1 Å². The van der Waals surface area contributed by atoms with E-state index in [0.29, 0.717) is 17.6 Å². The first-order valence-electron chi connectivity index (χ1n) is 7.87. The molecule has 2 aromatic rings. The van der Waals surface area contributed by atoms with Crippen molar-refractivity contribution in [3.63, 3.8) is 0 Å². The molecule has 3 rings (SSSR count). The van der Waals surface area contributed by atoms with Crippen molar-refractivity contribution in [3.05, 3.63) is 12.7 Å². The zero-order valence-corrected chi connectivity index (χ0v) is 13.7. The molecule has 1 fully saturated rings. The van der Waals surface area contributed by atoms with Gasteiger partial charge in [0, 0.05) is 12.8 Å². The number of aliphatic hydroxyl groups is 1. The van der Waals surface area contributed by atoms with Crippen LogP contribution in [0.15, 0.2) is 12.7 Å². The molecule has 25 heavy (non-hydrogen) atoms. The number of carbonyl (C=O) groups is 2. The molecule has 134 valence electrons. The molecule has 3 atom stereocenters. The van der Waals surface area contributed by atoms with E-state index in [9.17, 15) is 14.7 Å². The number of rotatable bonds is 6. The van der Waals surface area contributed by atoms with Crippen LogP contribution in [-0.4, -0.2) is 55.2 Å². The summed E-state index contributed by atoms with van der Waals surface area (Å²) < 4.78 is 12.8. The SMILES string of the molecule is CC(=O)CCC(=O)OC1C[C@H](n2cnc3c(N)ncnc32)O[C@@H]1CO. The van der Waals surface area contributed by atoms with Crippen LogP contribution in [0.1, 0.15) is 32.4 Å². The predicted molar refractivity (Wildman–Crippen MR) is 85.1 cm³/mol. The summed E-state index contributed by atoms with van der Waals surface area (Å²) in [6, 6.07) is 0. The van der Waals surface area contributed by atoms with E-state index in [1.54, 1.807) is 4.57 Å². The molecule has 1 unspecified atom stereocenters. The van der Waals surface area contributed by atoms with Gasteiger partial charge in [0.15, 0.2) is 11.5 Å². The van der Waals surface area contributed by atoms with Crippen LogP contribution >= 0.6 is 0 Å². The lowest BCUT2D eigenvalue weighted by atomic mass is 10.2. The van der Waals surface area contributed by atoms with E-state index in [1.807, 2.05) is 0 Å². The largest absolute Gasteiger partial charge is 0.459 e. The van der Waals surface area contributed by atoms with E-state index in [2.05, 4.69) is 15.0 Å². The minimum Gasteiger partial charge on any atom is -0.459 e. The Morgan fingerprint density at radius 2 is 2.20 bits per heavy atom. The summed E-state index contributed by atoms with van der Waals surface area (Å²) in [5, 5.41) is 9.50. The number of aliphatic hydroxyl groups excluding tert-OH is 1. The molecule has 0 amide bonds. The number of nitrogens with two attached hydrogens (primary N) is 1. The van der Waals surface area contributed by atoms with Crippen molar-refractivity contribution in [3.8, 4) is 0 Å². The summed E-state index contributed by atoms with van der Waals surface area (Å²) in [6.07, 6.45) is 1.51. The van der Waals surface area contributed by atoms with Gasteiger partial charge >= 0.3 is 5.97 Å². The van der Waals surface area contributed by atoms with Crippen molar-refractivity contribution in [2.24, 2.45) is 0 Å². The van der Waals surface area contributed by atoms with Crippen LogP contribution in [0.3, 0.4) is 0 Å².